The molecular formula is C11H9N3O5S. The van der Waals surface area contributed by atoms with Gasteiger partial charge in [0.05, 0.1) is 7.11 Å². The van der Waals surface area contributed by atoms with Crippen molar-refractivity contribution < 1.29 is 24.5 Å². The van der Waals surface area contributed by atoms with Crippen LogP contribution in [-0.2, 0) is 4.74 Å². The first-order valence-electron chi connectivity index (χ1n) is 5.26. The van der Waals surface area contributed by atoms with Gasteiger partial charge < -0.3 is 14.9 Å². The van der Waals surface area contributed by atoms with E-state index in [4.69, 9.17) is 0 Å². The van der Waals surface area contributed by atoms with E-state index in [1.165, 1.54) is 19.2 Å². The first-order chi connectivity index (χ1) is 9.49. The molecule has 3 N–H and O–H groups in total. The van der Waals surface area contributed by atoms with E-state index >= 15 is 0 Å². The Morgan fingerprint density at radius 3 is 2.50 bits per heavy atom. The number of aromatic hydroxyl groups is 2. The molecule has 1 aromatic heterocycles. The third kappa shape index (κ3) is 3.01. The number of carbonyl (C=O) groups excluding carboxylic acids is 2. The molecule has 0 spiro atoms. The van der Waals surface area contributed by atoms with Crippen LogP contribution in [-0.4, -0.2) is 38.6 Å². The van der Waals surface area contributed by atoms with Gasteiger partial charge in [0.15, 0.2) is 0 Å². The van der Waals surface area contributed by atoms with Gasteiger partial charge >= 0.3 is 5.97 Å². The van der Waals surface area contributed by atoms with Gasteiger partial charge in [0.2, 0.25) is 5.13 Å². The standard InChI is InChI=1S/C11H9N3O5S/c1-19-10(18)8-12-11(20-14-8)13-9(17)5-2-6(15)4-7(16)3-5/h2-4,15-16H,1H3,(H,12,13,14,17). The third-order valence-corrected chi connectivity index (χ3v) is 2.81. The van der Waals surface area contributed by atoms with Crippen molar-refractivity contribution in [3.8, 4) is 11.5 Å². The molecule has 0 bridgehead atoms. The van der Waals surface area contributed by atoms with Gasteiger partial charge in [0.1, 0.15) is 11.5 Å². The van der Waals surface area contributed by atoms with Crippen molar-refractivity contribution in [1.82, 2.24) is 9.36 Å². The SMILES string of the molecule is COC(=O)c1nsc(NC(=O)c2cc(O)cc(O)c2)n1. The van der Waals surface area contributed by atoms with E-state index in [0.717, 1.165) is 17.6 Å². The van der Waals surface area contributed by atoms with Gasteiger partial charge in [0.25, 0.3) is 11.7 Å². The summed E-state index contributed by atoms with van der Waals surface area (Å²) in [4.78, 5) is 26.8. The highest BCUT2D eigenvalue weighted by Crippen LogP contribution is 2.21. The topological polar surface area (TPSA) is 122 Å². The zero-order chi connectivity index (χ0) is 14.7. The number of hydrogen-bond acceptors (Lipinski definition) is 8. The summed E-state index contributed by atoms with van der Waals surface area (Å²) in [6.45, 7) is 0. The Kier molecular flexibility index (Phi) is 3.80. The Hall–Kier alpha value is -2.68. The average molecular weight is 295 g/mol. The molecule has 0 aliphatic rings. The number of hydrogen-bond donors (Lipinski definition) is 3. The molecule has 0 fully saturated rings. The Morgan fingerprint density at radius 1 is 1.25 bits per heavy atom. The van der Waals surface area contributed by atoms with Crippen LogP contribution in [0.3, 0.4) is 0 Å². The first kappa shape index (κ1) is 13.7. The van der Waals surface area contributed by atoms with Gasteiger partial charge in [-0.05, 0) is 12.1 Å². The summed E-state index contributed by atoms with van der Waals surface area (Å²) in [7, 11) is 1.19. The van der Waals surface area contributed by atoms with E-state index in [1.54, 1.807) is 0 Å². The maximum absolute atomic E-state index is 11.9. The lowest BCUT2D eigenvalue weighted by Gasteiger charge is -2.02. The van der Waals surface area contributed by atoms with Gasteiger partial charge in [-0.15, -0.1) is 0 Å². The molecule has 2 rings (SSSR count). The van der Waals surface area contributed by atoms with E-state index in [1.807, 2.05) is 0 Å². The molecule has 1 heterocycles. The summed E-state index contributed by atoms with van der Waals surface area (Å²) in [5, 5.41) is 21.1. The van der Waals surface area contributed by atoms with Crippen LogP contribution < -0.4 is 5.32 Å². The minimum atomic E-state index is -0.711. The quantitative estimate of drug-likeness (QED) is 0.722. The Balaban J connectivity index is 2.15. The molecule has 0 radical (unpaired) electrons. The molecule has 0 aliphatic carbocycles. The molecule has 0 saturated heterocycles. The minimum Gasteiger partial charge on any atom is -0.508 e. The summed E-state index contributed by atoms with van der Waals surface area (Å²) in [5.74, 6) is -1.97. The number of nitrogens with zero attached hydrogens (tertiary/aromatic N) is 2. The van der Waals surface area contributed by atoms with Crippen molar-refractivity contribution >= 4 is 28.5 Å². The normalized spacial score (nSPS) is 10.1. The number of esters is 1. The van der Waals surface area contributed by atoms with Crippen molar-refractivity contribution in [2.24, 2.45) is 0 Å². The number of aromatic nitrogens is 2. The van der Waals surface area contributed by atoms with Crippen LogP contribution in [0.1, 0.15) is 21.0 Å². The number of rotatable bonds is 3. The van der Waals surface area contributed by atoms with E-state index in [0.29, 0.717) is 0 Å². The largest absolute Gasteiger partial charge is 0.508 e. The molecule has 0 unspecified atom stereocenters. The van der Waals surface area contributed by atoms with Crippen LogP contribution in [0, 0.1) is 0 Å². The first-order valence-corrected chi connectivity index (χ1v) is 6.03. The maximum atomic E-state index is 11.9. The van der Waals surface area contributed by atoms with Crippen molar-refractivity contribution in [2.45, 2.75) is 0 Å². The lowest BCUT2D eigenvalue weighted by molar-refractivity contribution is 0.0588. The number of anilines is 1. The van der Waals surface area contributed by atoms with Crippen LogP contribution in [0.5, 0.6) is 11.5 Å². The molecule has 1 amide bonds. The number of phenols is 2. The average Bonchev–Trinajstić information content (AvgIpc) is 2.85. The van der Waals surface area contributed by atoms with Crippen LogP contribution >= 0.6 is 11.5 Å². The lowest BCUT2D eigenvalue weighted by atomic mass is 10.2. The van der Waals surface area contributed by atoms with Gasteiger partial charge in [0, 0.05) is 23.2 Å². The van der Waals surface area contributed by atoms with Crippen LogP contribution in [0.25, 0.3) is 0 Å². The highest BCUT2D eigenvalue weighted by atomic mass is 32.1. The fourth-order valence-electron chi connectivity index (χ4n) is 1.34. The molecule has 1 aromatic carbocycles. The third-order valence-electron chi connectivity index (χ3n) is 2.18. The number of ether oxygens (including phenoxy) is 1. The molecule has 8 nitrogen and oxygen atoms in total. The summed E-state index contributed by atoms with van der Waals surface area (Å²) in [6, 6.07) is 3.45. The highest BCUT2D eigenvalue weighted by molar-refractivity contribution is 7.10. The monoisotopic (exact) mass is 295 g/mol. The summed E-state index contributed by atoms with van der Waals surface area (Å²) in [5.41, 5.74) is 0.0392. The smallest absolute Gasteiger partial charge is 0.377 e. The molecule has 0 aliphatic heterocycles. The second-order valence-electron chi connectivity index (χ2n) is 3.61. The zero-order valence-electron chi connectivity index (χ0n) is 10.2. The fourth-order valence-corrected chi connectivity index (χ4v) is 1.90. The number of nitrogens with one attached hydrogen (secondary N) is 1. The van der Waals surface area contributed by atoms with Gasteiger partial charge in [-0.3, -0.25) is 10.1 Å². The Labute approximate surface area is 116 Å². The Morgan fingerprint density at radius 2 is 1.90 bits per heavy atom. The molecule has 0 atom stereocenters. The van der Waals surface area contributed by atoms with Crippen molar-refractivity contribution in [1.29, 1.82) is 0 Å². The Bertz CT molecular complexity index is 650. The number of benzene rings is 1. The lowest BCUT2D eigenvalue weighted by Crippen LogP contribution is -2.12. The van der Waals surface area contributed by atoms with Crippen LogP contribution in [0.2, 0.25) is 0 Å². The molecule has 2 aromatic rings. The van der Waals surface area contributed by atoms with E-state index in [-0.39, 0.29) is 28.0 Å². The molecule has 20 heavy (non-hydrogen) atoms. The maximum Gasteiger partial charge on any atom is 0.377 e. The summed E-state index contributed by atoms with van der Waals surface area (Å²) < 4.78 is 8.15. The zero-order valence-corrected chi connectivity index (χ0v) is 11.0. The molecule has 0 saturated carbocycles. The number of phenolic OH excluding ortho intramolecular Hbond substituents is 2. The molecule has 9 heteroatoms. The predicted octanol–water partition coefficient (Wildman–Crippen LogP) is 0.988. The summed E-state index contributed by atoms with van der Waals surface area (Å²) in [6.07, 6.45) is 0. The highest BCUT2D eigenvalue weighted by Gasteiger charge is 2.15. The van der Waals surface area contributed by atoms with Crippen molar-refractivity contribution in [3.05, 3.63) is 29.6 Å². The van der Waals surface area contributed by atoms with Gasteiger partial charge in [-0.25, -0.2) is 4.79 Å². The van der Waals surface area contributed by atoms with Crippen molar-refractivity contribution in [3.63, 3.8) is 0 Å². The minimum absolute atomic E-state index is 0.0392. The molecular weight excluding hydrogens is 286 g/mol. The van der Waals surface area contributed by atoms with E-state index in [2.05, 4.69) is 19.4 Å². The second kappa shape index (κ2) is 5.53. The van der Waals surface area contributed by atoms with E-state index in [9.17, 15) is 19.8 Å². The molecule has 104 valence electrons. The van der Waals surface area contributed by atoms with Crippen LogP contribution in [0.4, 0.5) is 5.13 Å². The second-order valence-corrected chi connectivity index (χ2v) is 4.36. The number of amides is 1. The van der Waals surface area contributed by atoms with Crippen molar-refractivity contribution in [2.75, 3.05) is 12.4 Å². The van der Waals surface area contributed by atoms with Gasteiger partial charge in [-0.2, -0.15) is 9.36 Å². The summed E-state index contributed by atoms with van der Waals surface area (Å²) >= 11 is 0.806. The number of methoxy groups -OCH3 is 1. The van der Waals surface area contributed by atoms with Gasteiger partial charge in [-0.1, -0.05) is 0 Å². The predicted molar refractivity (Wildman–Crippen MR) is 69.0 cm³/mol. The van der Waals surface area contributed by atoms with E-state index < -0.39 is 11.9 Å². The number of carbonyl (C=O) groups is 2. The van der Waals surface area contributed by atoms with Crippen LogP contribution in [0.15, 0.2) is 18.2 Å². The fraction of sp³-hybridized carbons (Fsp3) is 0.0909.